The fourth-order valence-electron chi connectivity index (χ4n) is 2.50. The Morgan fingerprint density at radius 3 is 2.86 bits per heavy atom. The van der Waals surface area contributed by atoms with Gasteiger partial charge in [-0.15, -0.1) is 11.3 Å². The van der Waals surface area contributed by atoms with E-state index in [0.29, 0.717) is 29.7 Å². The van der Waals surface area contributed by atoms with Gasteiger partial charge >= 0.3 is 5.97 Å². The predicted octanol–water partition coefficient (Wildman–Crippen LogP) is 4.87. The van der Waals surface area contributed by atoms with E-state index in [1.165, 1.54) is 29.7 Å². The lowest BCUT2D eigenvalue weighted by molar-refractivity contribution is -0.145. The van der Waals surface area contributed by atoms with E-state index in [1.54, 1.807) is 18.3 Å². The van der Waals surface area contributed by atoms with Crippen LogP contribution >= 0.6 is 11.3 Å². The van der Waals surface area contributed by atoms with E-state index in [0.717, 1.165) is 10.4 Å². The van der Waals surface area contributed by atoms with Crippen molar-refractivity contribution in [2.24, 2.45) is 0 Å². The van der Waals surface area contributed by atoms with Crippen LogP contribution in [0.15, 0.2) is 63.1 Å². The standard InChI is InChI=1S/C20H15FN2O4S/c21-14-5-3-13(4-6-14)16-10-22-18(27-16)7-8-19(24)25-11-15-12-26-20(23-15)17-2-1-9-28-17/h1-6,9-10,12H,7-8,11H2. The molecule has 0 aliphatic rings. The van der Waals surface area contributed by atoms with Crippen molar-refractivity contribution in [3.63, 3.8) is 0 Å². The Morgan fingerprint density at radius 2 is 2.07 bits per heavy atom. The number of aryl methyl sites for hydroxylation is 1. The zero-order valence-electron chi connectivity index (χ0n) is 14.6. The van der Waals surface area contributed by atoms with Crippen LogP contribution < -0.4 is 0 Å². The van der Waals surface area contributed by atoms with Gasteiger partial charge in [0, 0.05) is 12.0 Å². The minimum absolute atomic E-state index is 0.0418. The molecule has 8 heteroatoms. The molecule has 0 bridgehead atoms. The Bertz CT molecular complexity index is 1050. The molecule has 0 spiro atoms. The molecule has 0 atom stereocenters. The van der Waals surface area contributed by atoms with Gasteiger partial charge in [0.25, 0.3) is 0 Å². The van der Waals surface area contributed by atoms with E-state index in [4.69, 9.17) is 13.6 Å². The van der Waals surface area contributed by atoms with Crippen molar-refractivity contribution in [2.75, 3.05) is 0 Å². The van der Waals surface area contributed by atoms with Gasteiger partial charge in [0.15, 0.2) is 11.7 Å². The van der Waals surface area contributed by atoms with Crippen LogP contribution in [0.25, 0.3) is 22.1 Å². The predicted molar refractivity (Wildman–Crippen MR) is 99.8 cm³/mol. The third-order valence-electron chi connectivity index (χ3n) is 3.89. The highest BCUT2D eigenvalue weighted by atomic mass is 32.1. The number of hydrogen-bond acceptors (Lipinski definition) is 7. The summed E-state index contributed by atoms with van der Waals surface area (Å²) in [7, 11) is 0. The third-order valence-corrected chi connectivity index (χ3v) is 4.75. The first-order valence-corrected chi connectivity index (χ1v) is 9.40. The number of aromatic nitrogens is 2. The monoisotopic (exact) mass is 398 g/mol. The number of rotatable bonds is 7. The van der Waals surface area contributed by atoms with Crippen LogP contribution in [0.1, 0.15) is 18.0 Å². The largest absolute Gasteiger partial charge is 0.459 e. The second kappa shape index (κ2) is 8.18. The molecular formula is C20H15FN2O4S. The van der Waals surface area contributed by atoms with E-state index in [9.17, 15) is 9.18 Å². The molecule has 0 N–H and O–H groups in total. The molecule has 6 nitrogen and oxygen atoms in total. The van der Waals surface area contributed by atoms with Gasteiger partial charge in [-0.25, -0.2) is 14.4 Å². The van der Waals surface area contributed by atoms with Crippen molar-refractivity contribution < 1.29 is 22.8 Å². The first-order chi connectivity index (χ1) is 13.7. The Hall–Kier alpha value is -3.26. The van der Waals surface area contributed by atoms with Gasteiger partial charge in [0.2, 0.25) is 5.89 Å². The minimum Gasteiger partial charge on any atom is -0.459 e. The molecule has 0 aliphatic carbocycles. The quantitative estimate of drug-likeness (QED) is 0.413. The third kappa shape index (κ3) is 4.34. The average Bonchev–Trinajstić information content (AvgIpc) is 3.46. The number of halogens is 1. The number of oxazole rings is 2. The van der Waals surface area contributed by atoms with E-state index in [2.05, 4.69) is 9.97 Å². The highest BCUT2D eigenvalue weighted by Crippen LogP contribution is 2.24. The molecule has 1 aromatic carbocycles. The van der Waals surface area contributed by atoms with E-state index >= 15 is 0 Å². The van der Waals surface area contributed by atoms with Gasteiger partial charge in [-0.3, -0.25) is 4.79 Å². The van der Waals surface area contributed by atoms with Crippen molar-refractivity contribution >= 4 is 17.3 Å². The van der Waals surface area contributed by atoms with Crippen molar-refractivity contribution in [2.45, 2.75) is 19.4 Å². The molecule has 3 aromatic heterocycles. The molecule has 0 saturated carbocycles. The van der Waals surface area contributed by atoms with Crippen LogP contribution in [0.3, 0.4) is 0 Å². The molecule has 0 radical (unpaired) electrons. The van der Waals surface area contributed by atoms with Gasteiger partial charge in [-0.05, 0) is 35.7 Å². The van der Waals surface area contributed by atoms with Crippen LogP contribution in [0.5, 0.6) is 0 Å². The highest BCUT2D eigenvalue weighted by Gasteiger charge is 2.12. The first-order valence-electron chi connectivity index (χ1n) is 8.52. The summed E-state index contributed by atoms with van der Waals surface area (Å²) in [6.07, 6.45) is 3.46. The molecule has 0 fully saturated rings. The minimum atomic E-state index is -0.387. The maximum absolute atomic E-state index is 13.0. The van der Waals surface area contributed by atoms with Crippen molar-refractivity contribution in [1.29, 1.82) is 0 Å². The summed E-state index contributed by atoms with van der Waals surface area (Å²) in [5.41, 5.74) is 1.27. The van der Waals surface area contributed by atoms with Gasteiger partial charge in [0.05, 0.1) is 17.5 Å². The Labute approximate surface area is 163 Å². The normalized spacial score (nSPS) is 10.9. The van der Waals surface area contributed by atoms with Crippen LogP contribution in [-0.4, -0.2) is 15.9 Å². The number of hydrogen-bond donors (Lipinski definition) is 0. The molecule has 142 valence electrons. The second-order valence-corrected chi connectivity index (χ2v) is 6.85. The van der Waals surface area contributed by atoms with Crippen LogP contribution in [0.2, 0.25) is 0 Å². The summed E-state index contributed by atoms with van der Waals surface area (Å²) in [4.78, 5) is 21.3. The number of carbonyl (C=O) groups excluding carboxylic acids is 1. The fourth-order valence-corrected chi connectivity index (χ4v) is 3.15. The van der Waals surface area contributed by atoms with Crippen molar-refractivity contribution in [1.82, 2.24) is 9.97 Å². The molecule has 0 amide bonds. The lowest BCUT2D eigenvalue weighted by Crippen LogP contribution is -2.06. The lowest BCUT2D eigenvalue weighted by atomic mass is 10.2. The first kappa shape index (κ1) is 18.1. The van der Waals surface area contributed by atoms with Crippen LogP contribution in [0, 0.1) is 5.82 Å². The van der Waals surface area contributed by atoms with E-state index < -0.39 is 0 Å². The van der Waals surface area contributed by atoms with Gasteiger partial charge in [0.1, 0.15) is 24.4 Å². The van der Waals surface area contributed by atoms with Crippen LogP contribution in [-0.2, 0) is 22.6 Å². The molecule has 0 aliphatic heterocycles. The van der Waals surface area contributed by atoms with E-state index in [-0.39, 0.29) is 24.8 Å². The van der Waals surface area contributed by atoms with Crippen molar-refractivity contribution in [3.8, 4) is 22.1 Å². The maximum Gasteiger partial charge on any atom is 0.306 e. The molecule has 0 unspecified atom stereocenters. The Kier molecular flexibility index (Phi) is 5.29. The summed E-state index contributed by atoms with van der Waals surface area (Å²) in [5.74, 6) is 0.738. The second-order valence-electron chi connectivity index (χ2n) is 5.91. The van der Waals surface area contributed by atoms with Gasteiger partial charge in [-0.2, -0.15) is 0 Å². The molecule has 4 rings (SSSR count). The molecular weight excluding hydrogens is 383 g/mol. The summed E-state index contributed by atoms with van der Waals surface area (Å²) in [6, 6.07) is 9.73. The summed E-state index contributed by atoms with van der Waals surface area (Å²) in [6.45, 7) is 0.0418. The number of thiophene rings is 1. The fraction of sp³-hybridized carbons (Fsp3) is 0.150. The average molecular weight is 398 g/mol. The molecule has 0 saturated heterocycles. The van der Waals surface area contributed by atoms with Gasteiger partial charge in [-0.1, -0.05) is 6.07 Å². The maximum atomic E-state index is 13.0. The topological polar surface area (TPSA) is 78.4 Å². The number of benzene rings is 1. The number of ether oxygens (including phenoxy) is 1. The lowest BCUT2D eigenvalue weighted by Gasteiger charge is -2.01. The summed E-state index contributed by atoms with van der Waals surface area (Å²) < 4.78 is 29.2. The van der Waals surface area contributed by atoms with E-state index in [1.807, 2.05) is 17.5 Å². The van der Waals surface area contributed by atoms with Gasteiger partial charge < -0.3 is 13.6 Å². The zero-order chi connectivity index (χ0) is 19.3. The SMILES string of the molecule is O=C(CCc1ncc(-c2ccc(F)cc2)o1)OCc1coc(-c2cccs2)n1. The molecule has 28 heavy (non-hydrogen) atoms. The number of nitrogens with zero attached hydrogens (tertiary/aromatic N) is 2. The molecule has 4 aromatic rings. The number of carbonyl (C=O) groups is 1. The summed E-state index contributed by atoms with van der Waals surface area (Å²) in [5, 5.41) is 1.93. The van der Waals surface area contributed by atoms with Crippen LogP contribution in [0.4, 0.5) is 4.39 Å². The smallest absolute Gasteiger partial charge is 0.306 e. The highest BCUT2D eigenvalue weighted by molar-refractivity contribution is 7.13. The summed E-state index contributed by atoms with van der Waals surface area (Å²) >= 11 is 1.52. The molecule has 3 heterocycles. The zero-order valence-corrected chi connectivity index (χ0v) is 15.4. The Balaban J connectivity index is 1.26. The number of esters is 1. The Morgan fingerprint density at radius 1 is 1.21 bits per heavy atom. The van der Waals surface area contributed by atoms with Crippen molar-refractivity contribution in [3.05, 3.63) is 71.6 Å².